The van der Waals surface area contributed by atoms with Gasteiger partial charge in [0.05, 0.1) is 24.3 Å². The lowest BCUT2D eigenvalue weighted by atomic mass is 10.2. The second-order valence-electron chi connectivity index (χ2n) is 6.75. The molecule has 0 aliphatic heterocycles. The second kappa shape index (κ2) is 9.08. The van der Waals surface area contributed by atoms with Crippen molar-refractivity contribution in [3.63, 3.8) is 0 Å². The SMILES string of the molecule is COc1ccc(NC(=O)Cn2cnc3ccccc3c2=O)cc1OCc1ccncc1. The number of hydrogen-bond acceptors (Lipinski definition) is 6. The van der Waals surface area contributed by atoms with E-state index in [2.05, 4.69) is 15.3 Å². The van der Waals surface area contributed by atoms with Gasteiger partial charge in [0.1, 0.15) is 13.2 Å². The van der Waals surface area contributed by atoms with Crippen LogP contribution >= 0.6 is 0 Å². The number of nitrogens with one attached hydrogen (secondary N) is 1. The van der Waals surface area contributed by atoms with Gasteiger partial charge in [0.2, 0.25) is 5.91 Å². The molecule has 0 fully saturated rings. The zero-order valence-electron chi connectivity index (χ0n) is 16.8. The first kappa shape index (κ1) is 20.1. The van der Waals surface area contributed by atoms with E-state index in [1.807, 2.05) is 18.2 Å². The molecular weight excluding hydrogens is 396 g/mol. The van der Waals surface area contributed by atoms with Crippen LogP contribution in [0.3, 0.4) is 0 Å². The number of benzene rings is 2. The summed E-state index contributed by atoms with van der Waals surface area (Å²) >= 11 is 0. The molecule has 0 saturated carbocycles. The molecule has 8 nitrogen and oxygen atoms in total. The number of fused-ring (bicyclic) bond motifs is 1. The Balaban J connectivity index is 1.48. The van der Waals surface area contributed by atoms with Crippen molar-refractivity contribution in [1.82, 2.24) is 14.5 Å². The van der Waals surface area contributed by atoms with Crippen molar-refractivity contribution in [2.75, 3.05) is 12.4 Å². The lowest BCUT2D eigenvalue weighted by Crippen LogP contribution is -2.27. The van der Waals surface area contributed by atoms with Crippen molar-refractivity contribution >= 4 is 22.5 Å². The lowest BCUT2D eigenvalue weighted by Gasteiger charge is -2.13. The summed E-state index contributed by atoms with van der Waals surface area (Å²) in [6.45, 7) is 0.171. The number of pyridine rings is 1. The largest absolute Gasteiger partial charge is 0.493 e. The summed E-state index contributed by atoms with van der Waals surface area (Å²) in [5, 5.41) is 3.25. The van der Waals surface area contributed by atoms with Crippen LogP contribution < -0.4 is 20.3 Å². The normalized spacial score (nSPS) is 10.6. The Morgan fingerprint density at radius 3 is 2.68 bits per heavy atom. The Bertz CT molecular complexity index is 1270. The summed E-state index contributed by atoms with van der Waals surface area (Å²) in [7, 11) is 1.55. The van der Waals surface area contributed by atoms with E-state index in [1.54, 1.807) is 55.9 Å². The predicted octanol–water partition coefficient (Wildman–Crippen LogP) is 3.02. The zero-order valence-corrected chi connectivity index (χ0v) is 16.8. The van der Waals surface area contributed by atoms with Crippen LogP contribution in [-0.4, -0.2) is 27.6 Å². The highest BCUT2D eigenvalue weighted by molar-refractivity contribution is 5.91. The van der Waals surface area contributed by atoms with Crippen molar-refractivity contribution in [2.45, 2.75) is 13.2 Å². The summed E-state index contributed by atoms with van der Waals surface area (Å²) in [6.07, 6.45) is 4.76. The van der Waals surface area contributed by atoms with Gasteiger partial charge in [-0.25, -0.2) is 4.98 Å². The Labute approximate surface area is 178 Å². The molecule has 31 heavy (non-hydrogen) atoms. The number of methoxy groups -OCH3 is 1. The van der Waals surface area contributed by atoms with E-state index >= 15 is 0 Å². The van der Waals surface area contributed by atoms with E-state index in [0.717, 1.165) is 5.56 Å². The van der Waals surface area contributed by atoms with Gasteiger partial charge >= 0.3 is 0 Å². The number of para-hydroxylation sites is 1. The number of carbonyl (C=O) groups excluding carboxylic acids is 1. The molecule has 2 heterocycles. The van der Waals surface area contributed by atoms with Gasteiger partial charge in [-0.1, -0.05) is 12.1 Å². The number of anilines is 1. The molecule has 4 aromatic rings. The van der Waals surface area contributed by atoms with Gasteiger partial charge in [-0.15, -0.1) is 0 Å². The topological polar surface area (TPSA) is 95.3 Å². The van der Waals surface area contributed by atoms with Crippen molar-refractivity contribution < 1.29 is 14.3 Å². The number of rotatable bonds is 7. The van der Waals surface area contributed by atoms with E-state index in [4.69, 9.17) is 9.47 Å². The third kappa shape index (κ3) is 4.69. The molecule has 0 unspecified atom stereocenters. The fraction of sp³-hybridized carbons (Fsp3) is 0.130. The quantitative estimate of drug-likeness (QED) is 0.498. The average molecular weight is 416 g/mol. The van der Waals surface area contributed by atoms with Gasteiger partial charge in [0.15, 0.2) is 11.5 Å². The summed E-state index contributed by atoms with van der Waals surface area (Å²) in [6, 6.07) is 15.8. The van der Waals surface area contributed by atoms with Crippen molar-refractivity contribution in [2.24, 2.45) is 0 Å². The monoisotopic (exact) mass is 416 g/mol. The highest BCUT2D eigenvalue weighted by atomic mass is 16.5. The Morgan fingerprint density at radius 1 is 1.06 bits per heavy atom. The minimum absolute atomic E-state index is 0.157. The molecule has 2 aromatic heterocycles. The van der Waals surface area contributed by atoms with Crippen LogP contribution in [0.4, 0.5) is 5.69 Å². The van der Waals surface area contributed by atoms with Crippen LogP contribution in [-0.2, 0) is 17.9 Å². The minimum atomic E-state index is -0.357. The van der Waals surface area contributed by atoms with Gasteiger partial charge in [0.25, 0.3) is 5.56 Å². The number of carbonyl (C=O) groups is 1. The summed E-state index contributed by atoms with van der Waals surface area (Å²) in [5.74, 6) is 0.674. The molecular formula is C23H20N4O4. The molecule has 0 aliphatic carbocycles. The van der Waals surface area contributed by atoms with E-state index in [9.17, 15) is 9.59 Å². The lowest BCUT2D eigenvalue weighted by molar-refractivity contribution is -0.116. The first-order valence-corrected chi connectivity index (χ1v) is 9.58. The van der Waals surface area contributed by atoms with E-state index in [1.165, 1.54) is 10.9 Å². The van der Waals surface area contributed by atoms with E-state index in [0.29, 0.717) is 34.7 Å². The molecule has 1 N–H and O–H groups in total. The zero-order chi connectivity index (χ0) is 21.6. The molecule has 0 bridgehead atoms. The van der Waals surface area contributed by atoms with Crippen molar-refractivity contribution in [3.05, 3.63) is 89.2 Å². The standard InChI is InChI=1S/C23H20N4O4/c1-30-20-7-6-17(12-21(20)31-14-16-8-10-24-11-9-16)26-22(28)13-27-15-25-19-5-3-2-4-18(19)23(27)29/h2-12,15H,13-14H2,1H3,(H,26,28). The van der Waals surface area contributed by atoms with Gasteiger partial charge in [0, 0.05) is 24.1 Å². The highest BCUT2D eigenvalue weighted by Crippen LogP contribution is 2.31. The number of aromatic nitrogens is 3. The molecule has 156 valence electrons. The molecule has 4 rings (SSSR count). The summed E-state index contributed by atoms with van der Waals surface area (Å²) in [4.78, 5) is 33.3. The smallest absolute Gasteiger partial charge is 0.261 e. The number of ether oxygens (including phenoxy) is 2. The maximum absolute atomic E-state index is 12.6. The van der Waals surface area contributed by atoms with Crippen LogP contribution in [0, 0.1) is 0 Å². The van der Waals surface area contributed by atoms with Crippen molar-refractivity contribution in [3.8, 4) is 11.5 Å². The minimum Gasteiger partial charge on any atom is -0.493 e. The average Bonchev–Trinajstić information content (AvgIpc) is 2.80. The first-order valence-electron chi connectivity index (χ1n) is 9.58. The molecule has 1 amide bonds. The maximum atomic E-state index is 12.6. The molecule has 0 radical (unpaired) electrons. The summed E-state index contributed by atoms with van der Waals surface area (Å²) in [5.41, 5.74) is 1.80. The Hall–Kier alpha value is -4.20. The van der Waals surface area contributed by atoms with Crippen molar-refractivity contribution in [1.29, 1.82) is 0 Å². The number of hydrogen-bond donors (Lipinski definition) is 1. The Morgan fingerprint density at radius 2 is 1.87 bits per heavy atom. The fourth-order valence-electron chi connectivity index (χ4n) is 3.08. The van der Waals surface area contributed by atoms with Gasteiger partial charge < -0.3 is 14.8 Å². The second-order valence-corrected chi connectivity index (χ2v) is 6.75. The van der Waals surface area contributed by atoms with Crippen LogP contribution in [0.25, 0.3) is 10.9 Å². The van der Waals surface area contributed by atoms with Gasteiger partial charge in [-0.05, 0) is 42.0 Å². The molecule has 0 spiro atoms. The highest BCUT2D eigenvalue weighted by Gasteiger charge is 2.11. The Kier molecular flexibility index (Phi) is 5.89. The third-order valence-electron chi connectivity index (χ3n) is 4.64. The van der Waals surface area contributed by atoms with E-state index < -0.39 is 0 Å². The van der Waals surface area contributed by atoms with Crippen LogP contribution in [0.15, 0.2) is 78.1 Å². The first-order chi connectivity index (χ1) is 15.1. The maximum Gasteiger partial charge on any atom is 0.261 e. The van der Waals surface area contributed by atoms with Crippen LogP contribution in [0.1, 0.15) is 5.56 Å². The predicted molar refractivity (Wildman–Crippen MR) is 116 cm³/mol. The van der Waals surface area contributed by atoms with Crippen LogP contribution in [0.2, 0.25) is 0 Å². The van der Waals surface area contributed by atoms with Gasteiger partial charge in [-0.3, -0.25) is 19.1 Å². The van der Waals surface area contributed by atoms with E-state index in [-0.39, 0.29) is 18.0 Å². The molecule has 8 heteroatoms. The van der Waals surface area contributed by atoms with Crippen LogP contribution in [0.5, 0.6) is 11.5 Å². The van der Waals surface area contributed by atoms with Gasteiger partial charge in [-0.2, -0.15) is 0 Å². The fourth-order valence-corrected chi connectivity index (χ4v) is 3.08. The third-order valence-corrected chi connectivity index (χ3v) is 4.64. The number of amides is 1. The number of nitrogens with zero attached hydrogens (tertiary/aromatic N) is 3. The molecule has 0 saturated heterocycles. The molecule has 0 aliphatic rings. The molecule has 0 atom stereocenters. The molecule has 2 aromatic carbocycles. The summed E-state index contributed by atoms with van der Waals surface area (Å²) < 4.78 is 12.5.